The van der Waals surface area contributed by atoms with Crippen molar-refractivity contribution in [1.82, 2.24) is 30.8 Å². The van der Waals surface area contributed by atoms with Gasteiger partial charge in [0.1, 0.15) is 21.4 Å². The first kappa shape index (κ1) is 24.2. The quantitative estimate of drug-likeness (QED) is 0.308. The van der Waals surface area contributed by atoms with Crippen molar-refractivity contribution in [2.24, 2.45) is 0 Å². The zero-order valence-corrected chi connectivity index (χ0v) is 17.5. The number of rotatable bonds is 4. The smallest absolute Gasteiger partial charge is 0.550 e. The molecule has 2 heterocycles. The van der Waals surface area contributed by atoms with Crippen LogP contribution in [0.1, 0.15) is 11.4 Å². The Balaban J connectivity index is 0. The standard InChI is InChI=1S/2C4H5N3O2S.2Na/c2*8-3(9)1-2-4(10)6-7-5-2;;/h2*1H2,(H,8,9)(H2,5,6,7,10);;/q;;2*+1/p-2. The largest absolute Gasteiger partial charge is 1.00 e. The van der Waals surface area contributed by atoms with Crippen molar-refractivity contribution in [3.63, 3.8) is 0 Å². The monoisotopic (exact) mass is 362 g/mol. The Morgan fingerprint density at radius 1 is 0.864 bits per heavy atom. The molecule has 0 bridgehead atoms. The molecule has 2 aromatic heterocycles. The van der Waals surface area contributed by atoms with Gasteiger partial charge in [0.05, 0.1) is 0 Å². The summed E-state index contributed by atoms with van der Waals surface area (Å²) < 4.78 is 0. The Morgan fingerprint density at radius 2 is 1.18 bits per heavy atom. The van der Waals surface area contributed by atoms with E-state index < -0.39 is 11.9 Å². The minimum absolute atomic E-state index is 0. The van der Waals surface area contributed by atoms with Gasteiger partial charge < -0.3 is 19.8 Å². The Bertz CT molecular complexity index is 555. The van der Waals surface area contributed by atoms with Crippen LogP contribution >= 0.6 is 25.3 Å². The second kappa shape index (κ2) is 12.4. The van der Waals surface area contributed by atoms with E-state index in [0.29, 0.717) is 21.4 Å². The maximum Gasteiger partial charge on any atom is 1.00 e. The van der Waals surface area contributed by atoms with Crippen molar-refractivity contribution >= 4 is 37.2 Å². The average Bonchev–Trinajstić information content (AvgIpc) is 2.90. The summed E-state index contributed by atoms with van der Waals surface area (Å²) >= 11 is 7.70. The third-order valence-corrected chi connectivity index (χ3v) is 2.54. The van der Waals surface area contributed by atoms with Crippen LogP contribution in [0, 0.1) is 0 Å². The van der Waals surface area contributed by atoms with Gasteiger partial charge >= 0.3 is 59.1 Å². The second-order valence-corrected chi connectivity index (χ2v) is 4.21. The van der Waals surface area contributed by atoms with Gasteiger partial charge in [-0.3, -0.25) is 10.2 Å². The number of nitrogens with zero attached hydrogens (tertiary/aromatic N) is 4. The van der Waals surface area contributed by atoms with Crippen LogP contribution in [0.3, 0.4) is 0 Å². The topological polar surface area (TPSA) is 163 Å². The Morgan fingerprint density at radius 3 is 1.36 bits per heavy atom. The number of carboxylic acid groups (broad SMARTS) is 2. The zero-order chi connectivity index (χ0) is 15.1. The summed E-state index contributed by atoms with van der Waals surface area (Å²) in [4.78, 5) is 20.0. The molecule has 10 nitrogen and oxygen atoms in total. The predicted octanol–water partition coefficient (Wildman–Crippen LogP) is -9.22. The molecule has 2 N–H and O–H groups in total. The number of aromatic amines is 2. The van der Waals surface area contributed by atoms with E-state index in [-0.39, 0.29) is 72.0 Å². The normalized spacial score (nSPS) is 8.82. The molecule has 0 aromatic carbocycles. The van der Waals surface area contributed by atoms with Crippen molar-refractivity contribution in [3.05, 3.63) is 11.4 Å². The van der Waals surface area contributed by atoms with Gasteiger partial charge in [-0.25, -0.2) is 0 Å². The number of carbonyl (C=O) groups excluding carboxylic acids is 2. The Labute approximate surface area is 179 Å². The maximum atomic E-state index is 9.99. The number of carboxylic acids is 2. The number of hydrogen-bond donors (Lipinski definition) is 4. The molecule has 0 amide bonds. The van der Waals surface area contributed by atoms with Gasteiger partial charge in [-0.1, -0.05) is 10.4 Å². The molecular formula is C8H8N6Na2O4S2. The van der Waals surface area contributed by atoms with Crippen LogP contribution in [0.25, 0.3) is 0 Å². The van der Waals surface area contributed by atoms with Crippen molar-refractivity contribution in [2.75, 3.05) is 0 Å². The van der Waals surface area contributed by atoms with E-state index in [1.165, 1.54) is 0 Å². The second-order valence-electron chi connectivity index (χ2n) is 3.31. The molecule has 0 atom stereocenters. The summed E-state index contributed by atoms with van der Waals surface area (Å²) in [5.74, 6) is -2.38. The molecule has 0 spiro atoms. The summed E-state index contributed by atoms with van der Waals surface area (Å²) in [6.07, 6.45) is -0.509. The molecule has 22 heavy (non-hydrogen) atoms. The Hall–Kier alpha value is -0.0800. The number of H-pyrrole nitrogens is 2. The van der Waals surface area contributed by atoms with Crippen LogP contribution in [0.15, 0.2) is 10.1 Å². The van der Waals surface area contributed by atoms with Crippen molar-refractivity contribution in [2.45, 2.75) is 22.9 Å². The van der Waals surface area contributed by atoms with Crippen molar-refractivity contribution < 1.29 is 78.9 Å². The first-order chi connectivity index (χ1) is 9.40. The summed E-state index contributed by atoms with van der Waals surface area (Å²) in [5, 5.41) is 39.1. The molecule has 2 rings (SSSR count). The number of aromatic nitrogens is 6. The predicted molar refractivity (Wildman–Crippen MR) is 64.7 cm³/mol. The molecule has 0 fully saturated rings. The van der Waals surface area contributed by atoms with E-state index in [1.54, 1.807) is 0 Å². The first-order valence-corrected chi connectivity index (χ1v) is 5.87. The van der Waals surface area contributed by atoms with E-state index in [2.05, 4.69) is 56.1 Å². The van der Waals surface area contributed by atoms with Crippen LogP contribution in [0.2, 0.25) is 0 Å². The fourth-order valence-corrected chi connectivity index (χ4v) is 1.34. The molecule has 108 valence electrons. The minimum Gasteiger partial charge on any atom is -0.550 e. The summed E-state index contributed by atoms with van der Waals surface area (Å²) in [6, 6.07) is 0. The van der Waals surface area contributed by atoms with E-state index in [9.17, 15) is 19.8 Å². The van der Waals surface area contributed by atoms with Gasteiger partial charge in [0, 0.05) is 24.8 Å². The van der Waals surface area contributed by atoms with Gasteiger partial charge in [0.15, 0.2) is 0 Å². The average molecular weight is 362 g/mol. The number of carbonyl (C=O) groups is 2. The molecule has 0 unspecified atom stereocenters. The van der Waals surface area contributed by atoms with E-state index in [1.807, 2.05) is 0 Å². The van der Waals surface area contributed by atoms with Crippen LogP contribution in [-0.2, 0) is 22.4 Å². The molecular weight excluding hydrogens is 354 g/mol. The third kappa shape index (κ3) is 9.15. The molecule has 0 aliphatic heterocycles. The van der Waals surface area contributed by atoms with E-state index in [4.69, 9.17) is 0 Å². The van der Waals surface area contributed by atoms with Crippen LogP contribution in [0.4, 0.5) is 0 Å². The molecule has 0 saturated heterocycles. The summed E-state index contributed by atoms with van der Waals surface area (Å²) in [5.41, 5.74) is 0.590. The molecule has 2 aromatic rings. The van der Waals surface area contributed by atoms with E-state index >= 15 is 0 Å². The van der Waals surface area contributed by atoms with Crippen LogP contribution in [0.5, 0.6) is 0 Å². The first-order valence-electron chi connectivity index (χ1n) is 4.97. The molecule has 0 radical (unpaired) electrons. The SMILES string of the molecule is O=C([O-])Cc1nn[nH]c1S.O=C([O-])Cc1nn[nH]c1S.[Na+].[Na+]. The Kier molecular flexibility index (Phi) is 13.6. The molecule has 0 aliphatic rings. The number of nitrogens with one attached hydrogen (secondary N) is 2. The van der Waals surface area contributed by atoms with Crippen molar-refractivity contribution in [1.29, 1.82) is 0 Å². The van der Waals surface area contributed by atoms with Gasteiger partial charge in [0.2, 0.25) is 0 Å². The zero-order valence-electron chi connectivity index (χ0n) is 11.7. The molecule has 14 heteroatoms. The number of hydrogen-bond acceptors (Lipinski definition) is 10. The molecule has 0 saturated carbocycles. The third-order valence-electron chi connectivity index (χ3n) is 1.82. The number of aliphatic carboxylic acids is 2. The van der Waals surface area contributed by atoms with Crippen molar-refractivity contribution in [3.8, 4) is 0 Å². The van der Waals surface area contributed by atoms with E-state index in [0.717, 1.165) is 0 Å². The van der Waals surface area contributed by atoms with Gasteiger partial charge in [-0.2, -0.15) is 0 Å². The molecule has 0 aliphatic carbocycles. The maximum absolute atomic E-state index is 9.99. The minimum atomic E-state index is -1.19. The number of thiol groups is 2. The summed E-state index contributed by atoms with van der Waals surface area (Å²) in [7, 11) is 0. The van der Waals surface area contributed by atoms with Gasteiger partial charge in [0.25, 0.3) is 0 Å². The van der Waals surface area contributed by atoms with Gasteiger partial charge in [-0.15, -0.1) is 35.5 Å². The fraction of sp³-hybridized carbons (Fsp3) is 0.250. The van der Waals surface area contributed by atoms with Crippen LogP contribution in [-0.4, -0.2) is 42.8 Å². The van der Waals surface area contributed by atoms with Gasteiger partial charge in [-0.05, 0) is 0 Å². The fourth-order valence-electron chi connectivity index (χ4n) is 1.00. The van der Waals surface area contributed by atoms with Crippen LogP contribution < -0.4 is 69.3 Å². The summed E-state index contributed by atoms with van der Waals surface area (Å²) in [6.45, 7) is 0.